The molecule has 0 saturated carbocycles. The second-order valence-corrected chi connectivity index (χ2v) is 8.63. The van der Waals surface area contributed by atoms with Gasteiger partial charge in [-0.25, -0.2) is 0 Å². The van der Waals surface area contributed by atoms with Crippen molar-refractivity contribution in [2.75, 3.05) is 5.32 Å². The van der Waals surface area contributed by atoms with E-state index in [1.807, 2.05) is 25.1 Å². The van der Waals surface area contributed by atoms with Crippen molar-refractivity contribution >= 4 is 46.5 Å². The Bertz CT molecular complexity index is 1180. The minimum absolute atomic E-state index is 0.141. The summed E-state index contributed by atoms with van der Waals surface area (Å²) in [6.45, 7) is 3.72. The molecule has 0 aliphatic heterocycles. The fraction of sp³-hybridized carbons (Fsp3) is 0.100. The maximum atomic E-state index is 12.4. The molecule has 10 heteroatoms. The van der Waals surface area contributed by atoms with E-state index in [1.165, 1.54) is 23.5 Å². The van der Waals surface area contributed by atoms with Crippen LogP contribution in [0.2, 0.25) is 0 Å². The van der Waals surface area contributed by atoms with E-state index in [1.54, 1.807) is 31.2 Å². The summed E-state index contributed by atoms with van der Waals surface area (Å²) in [4.78, 5) is 23.8. The lowest BCUT2D eigenvalue weighted by molar-refractivity contribution is -0.387. The molecule has 0 aliphatic rings. The standard InChI is InChI=1S/C20H15N5O3S2/c1-12-3-6-16(7-4-12)22-19(26)15(11-21)9-14-5-8-18(17(10-14)25(27)28)30-20-24-23-13(2)29-20/h3-10H,1-2H3,(H,22,26)/b15-9+. The molecule has 8 nitrogen and oxygen atoms in total. The van der Waals surface area contributed by atoms with Gasteiger partial charge in [0, 0.05) is 11.8 Å². The zero-order valence-electron chi connectivity index (χ0n) is 15.9. The van der Waals surface area contributed by atoms with Gasteiger partial charge in [-0.3, -0.25) is 14.9 Å². The Kier molecular flexibility index (Phi) is 6.56. The number of hydrogen-bond donors (Lipinski definition) is 1. The molecule has 0 fully saturated rings. The summed E-state index contributed by atoms with van der Waals surface area (Å²) < 4.78 is 0.592. The Hall–Kier alpha value is -3.55. The highest BCUT2D eigenvalue weighted by atomic mass is 32.2. The molecule has 0 saturated heterocycles. The van der Waals surface area contributed by atoms with Crippen LogP contribution in [0.4, 0.5) is 11.4 Å². The maximum Gasteiger partial charge on any atom is 0.283 e. The number of carbonyl (C=O) groups excluding carboxylic acids is 1. The molecule has 0 unspecified atom stereocenters. The van der Waals surface area contributed by atoms with E-state index in [2.05, 4.69) is 15.5 Å². The first kappa shape index (κ1) is 21.2. The summed E-state index contributed by atoms with van der Waals surface area (Å²) in [6.07, 6.45) is 1.32. The summed E-state index contributed by atoms with van der Waals surface area (Å²) in [6, 6.07) is 13.5. The van der Waals surface area contributed by atoms with Crippen LogP contribution in [0, 0.1) is 35.3 Å². The summed E-state index contributed by atoms with van der Waals surface area (Å²) in [5.74, 6) is -0.591. The molecule has 0 radical (unpaired) electrons. The van der Waals surface area contributed by atoms with Crippen LogP contribution < -0.4 is 5.32 Å². The average molecular weight is 438 g/mol. The van der Waals surface area contributed by atoms with E-state index >= 15 is 0 Å². The predicted molar refractivity (Wildman–Crippen MR) is 115 cm³/mol. The van der Waals surface area contributed by atoms with Crippen LogP contribution in [0.25, 0.3) is 6.08 Å². The van der Waals surface area contributed by atoms with Gasteiger partial charge in [0.1, 0.15) is 16.6 Å². The fourth-order valence-corrected chi connectivity index (χ4v) is 4.28. The number of nitro benzene ring substituents is 1. The molecule has 1 heterocycles. The van der Waals surface area contributed by atoms with Crippen molar-refractivity contribution < 1.29 is 9.72 Å². The van der Waals surface area contributed by atoms with Crippen molar-refractivity contribution in [3.8, 4) is 6.07 Å². The van der Waals surface area contributed by atoms with E-state index in [0.717, 1.165) is 22.3 Å². The van der Waals surface area contributed by atoms with E-state index in [-0.39, 0.29) is 11.3 Å². The lowest BCUT2D eigenvalue weighted by Crippen LogP contribution is -2.13. The lowest BCUT2D eigenvalue weighted by Gasteiger charge is -2.05. The van der Waals surface area contributed by atoms with Gasteiger partial charge in [0.15, 0.2) is 4.34 Å². The third-order valence-electron chi connectivity index (χ3n) is 3.87. The summed E-state index contributed by atoms with van der Waals surface area (Å²) >= 11 is 2.48. The average Bonchev–Trinajstić information content (AvgIpc) is 3.13. The Labute approximate surface area is 180 Å². The van der Waals surface area contributed by atoms with Gasteiger partial charge in [0.2, 0.25) is 0 Å². The van der Waals surface area contributed by atoms with Crippen LogP contribution in [-0.4, -0.2) is 21.0 Å². The molecular weight excluding hydrogens is 422 g/mol. The van der Waals surface area contributed by atoms with Crippen molar-refractivity contribution in [3.63, 3.8) is 0 Å². The number of anilines is 1. The number of aromatic nitrogens is 2. The van der Waals surface area contributed by atoms with Gasteiger partial charge in [-0.1, -0.05) is 46.9 Å². The highest BCUT2D eigenvalue weighted by Crippen LogP contribution is 2.36. The predicted octanol–water partition coefficient (Wildman–Crippen LogP) is 4.76. The Morgan fingerprint density at radius 3 is 2.57 bits per heavy atom. The van der Waals surface area contributed by atoms with Crippen LogP contribution in [0.3, 0.4) is 0 Å². The largest absolute Gasteiger partial charge is 0.321 e. The second kappa shape index (κ2) is 9.30. The first-order chi connectivity index (χ1) is 14.4. The second-order valence-electron chi connectivity index (χ2n) is 6.16. The van der Waals surface area contributed by atoms with Crippen LogP contribution in [-0.2, 0) is 4.79 Å². The number of amides is 1. The van der Waals surface area contributed by atoms with Crippen LogP contribution in [0.15, 0.2) is 57.3 Å². The van der Waals surface area contributed by atoms with E-state index in [0.29, 0.717) is 20.5 Å². The first-order valence-corrected chi connectivity index (χ1v) is 10.2. The molecule has 150 valence electrons. The SMILES string of the molecule is Cc1ccc(NC(=O)/C(C#N)=C/c2ccc(Sc3nnc(C)s3)c([N+](=O)[O-])c2)cc1. The number of nitro groups is 1. The molecule has 3 aromatic rings. The molecule has 0 aliphatic carbocycles. The smallest absolute Gasteiger partial charge is 0.283 e. The van der Waals surface area contributed by atoms with Crippen LogP contribution in [0.1, 0.15) is 16.1 Å². The molecule has 1 amide bonds. The maximum absolute atomic E-state index is 12.4. The van der Waals surface area contributed by atoms with Crippen molar-refractivity contribution in [2.24, 2.45) is 0 Å². The van der Waals surface area contributed by atoms with Crippen molar-refractivity contribution in [3.05, 3.63) is 74.3 Å². The van der Waals surface area contributed by atoms with E-state index in [9.17, 15) is 20.2 Å². The topological polar surface area (TPSA) is 122 Å². The summed E-state index contributed by atoms with van der Waals surface area (Å²) in [5.41, 5.74) is 1.66. The van der Waals surface area contributed by atoms with Gasteiger partial charge in [-0.15, -0.1) is 10.2 Å². The number of nitrogens with zero attached hydrogens (tertiary/aromatic N) is 4. The van der Waals surface area contributed by atoms with Crippen LogP contribution in [0.5, 0.6) is 0 Å². The highest BCUT2D eigenvalue weighted by Gasteiger charge is 2.18. The van der Waals surface area contributed by atoms with E-state index < -0.39 is 10.8 Å². The van der Waals surface area contributed by atoms with Gasteiger partial charge < -0.3 is 5.32 Å². The summed E-state index contributed by atoms with van der Waals surface area (Å²) in [7, 11) is 0. The van der Waals surface area contributed by atoms with Crippen molar-refractivity contribution in [1.82, 2.24) is 10.2 Å². The number of rotatable bonds is 6. The third kappa shape index (κ3) is 5.28. The quantitative estimate of drug-likeness (QED) is 0.255. The highest BCUT2D eigenvalue weighted by molar-refractivity contribution is 8.01. The molecule has 0 atom stereocenters. The summed E-state index contributed by atoms with van der Waals surface area (Å²) in [5, 5.41) is 32.2. The Morgan fingerprint density at radius 1 is 1.23 bits per heavy atom. The zero-order valence-corrected chi connectivity index (χ0v) is 17.6. The van der Waals surface area contributed by atoms with E-state index in [4.69, 9.17) is 0 Å². The fourth-order valence-electron chi connectivity index (χ4n) is 2.42. The molecular formula is C20H15N5O3S2. The third-order valence-corrected chi connectivity index (χ3v) is 5.82. The molecule has 3 rings (SSSR count). The number of hydrogen-bond acceptors (Lipinski definition) is 8. The monoisotopic (exact) mass is 437 g/mol. The number of aryl methyl sites for hydroxylation is 2. The van der Waals surface area contributed by atoms with Gasteiger partial charge in [0.25, 0.3) is 11.6 Å². The van der Waals surface area contributed by atoms with Gasteiger partial charge in [-0.2, -0.15) is 5.26 Å². The minimum Gasteiger partial charge on any atom is -0.321 e. The van der Waals surface area contributed by atoms with Crippen molar-refractivity contribution in [1.29, 1.82) is 5.26 Å². The Morgan fingerprint density at radius 2 is 1.97 bits per heavy atom. The first-order valence-electron chi connectivity index (χ1n) is 8.62. The van der Waals surface area contributed by atoms with Gasteiger partial charge in [-0.05, 0) is 43.7 Å². The molecule has 0 bridgehead atoms. The molecule has 2 aromatic carbocycles. The molecule has 30 heavy (non-hydrogen) atoms. The van der Waals surface area contributed by atoms with Crippen LogP contribution >= 0.6 is 23.1 Å². The molecule has 1 aromatic heterocycles. The zero-order chi connectivity index (χ0) is 21.7. The number of carbonyl (C=O) groups is 1. The minimum atomic E-state index is -0.591. The number of nitriles is 1. The normalized spacial score (nSPS) is 11.0. The number of nitrogens with one attached hydrogen (secondary N) is 1. The van der Waals surface area contributed by atoms with Gasteiger partial charge in [0.05, 0.1) is 9.82 Å². The number of benzene rings is 2. The Balaban J connectivity index is 1.85. The molecule has 1 N–H and O–H groups in total. The van der Waals surface area contributed by atoms with Crippen molar-refractivity contribution in [2.45, 2.75) is 23.1 Å². The molecule has 0 spiro atoms. The van der Waals surface area contributed by atoms with Gasteiger partial charge >= 0.3 is 0 Å². The lowest BCUT2D eigenvalue weighted by atomic mass is 10.1.